The lowest BCUT2D eigenvalue weighted by molar-refractivity contribution is 1.39. The van der Waals surface area contributed by atoms with Crippen LogP contribution in [0.1, 0.15) is 34.7 Å². The summed E-state index contributed by atoms with van der Waals surface area (Å²) in [4.78, 5) is 2.60. The van der Waals surface area contributed by atoms with Crippen LogP contribution in [0.15, 0.2) is 48.5 Å². The van der Waals surface area contributed by atoms with Crippen molar-refractivity contribution in [3.8, 4) is 22.3 Å². The molecule has 0 radical (unpaired) electrons. The minimum absolute atomic E-state index is 0.795. The fourth-order valence-electron chi connectivity index (χ4n) is 4.19. The summed E-state index contributed by atoms with van der Waals surface area (Å²) in [7, 11) is 0. The maximum absolute atomic E-state index is 6.71. The monoisotopic (exact) mass is 496 g/mol. The van der Waals surface area contributed by atoms with Crippen molar-refractivity contribution in [2.75, 3.05) is 0 Å². The molecule has 2 heterocycles. The van der Waals surface area contributed by atoms with Gasteiger partial charge in [-0.1, -0.05) is 49.2 Å². The summed E-state index contributed by atoms with van der Waals surface area (Å²) in [6.45, 7) is 12.6. The van der Waals surface area contributed by atoms with Gasteiger partial charge in [-0.05, 0) is 97.1 Å². The Balaban J connectivity index is 0.00000119. The van der Waals surface area contributed by atoms with E-state index in [0.29, 0.717) is 0 Å². The molecule has 32 heavy (non-hydrogen) atoms. The minimum Gasteiger partial charge on any atom is -0.141 e. The van der Waals surface area contributed by atoms with Crippen molar-refractivity contribution in [1.82, 2.24) is 0 Å². The second kappa shape index (κ2) is 9.19. The largest absolute Gasteiger partial charge is 0.141 e. The van der Waals surface area contributed by atoms with Crippen LogP contribution < -0.4 is 0 Å². The first kappa shape index (κ1) is 23.3. The molecule has 164 valence electrons. The van der Waals surface area contributed by atoms with Crippen molar-refractivity contribution in [2.45, 2.75) is 41.5 Å². The van der Waals surface area contributed by atoms with Crippen LogP contribution in [0.25, 0.3) is 42.4 Å². The van der Waals surface area contributed by atoms with E-state index in [1.54, 1.807) is 0 Å². The normalized spacial score (nSPS) is 11.1. The molecule has 0 N–H and O–H groups in total. The van der Waals surface area contributed by atoms with Crippen LogP contribution >= 0.6 is 45.9 Å². The van der Waals surface area contributed by atoms with Crippen molar-refractivity contribution < 1.29 is 0 Å². The molecule has 0 aliphatic heterocycles. The molecule has 0 aliphatic carbocycles. The molecule has 0 unspecified atom stereocenters. The third-order valence-corrected chi connectivity index (χ3v) is 8.26. The van der Waals surface area contributed by atoms with Crippen LogP contribution in [0.3, 0.4) is 0 Å². The van der Waals surface area contributed by atoms with Gasteiger partial charge in [-0.25, -0.2) is 0 Å². The average Bonchev–Trinajstić information content (AvgIpc) is 3.29. The Hall–Kier alpha value is -1.84. The molecule has 0 nitrogen and oxygen atoms in total. The Morgan fingerprint density at radius 2 is 0.875 bits per heavy atom. The molecule has 0 atom stereocenters. The Kier molecular flexibility index (Phi) is 6.70. The highest BCUT2D eigenvalue weighted by Gasteiger charge is 2.15. The lowest BCUT2D eigenvalue weighted by atomic mass is 9.91. The molecular formula is C28H26Cl2S2. The second-order valence-corrected chi connectivity index (χ2v) is 11.3. The highest BCUT2D eigenvalue weighted by atomic mass is 35.5. The molecule has 4 heteroatoms. The summed E-state index contributed by atoms with van der Waals surface area (Å²) in [5.41, 5.74) is 6.94. The van der Waals surface area contributed by atoms with Gasteiger partial charge in [-0.15, -0.1) is 22.7 Å². The number of hydrogen-bond acceptors (Lipinski definition) is 2. The van der Waals surface area contributed by atoms with Crippen molar-refractivity contribution in [3.05, 3.63) is 79.5 Å². The highest BCUT2D eigenvalue weighted by molar-refractivity contribution is 7.19. The van der Waals surface area contributed by atoms with E-state index in [4.69, 9.17) is 23.2 Å². The summed E-state index contributed by atoms with van der Waals surface area (Å²) in [6, 6.07) is 17.5. The van der Waals surface area contributed by atoms with E-state index >= 15 is 0 Å². The fourth-order valence-corrected chi connectivity index (χ4v) is 6.63. The van der Waals surface area contributed by atoms with Crippen LogP contribution in [0.2, 0.25) is 10.0 Å². The predicted molar refractivity (Wildman–Crippen MR) is 148 cm³/mol. The van der Waals surface area contributed by atoms with Gasteiger partial charge in [0.2, 0.25) is 0 Å². The van der Waals surface area contributed by atoms with Gasteiger partial charge in [0.15, 0.2) is 0 Å². The molecule has 3 aromatic carbocycles. The molecule has 0 bridgehead atoms. The lowest BCUT2D eigenvalue weighted by Gasteiger charge is -2.15. The minimum atomic E-state index is 0.795. The van der Waals surface area contributed by atoms with Gasteiger partial charge >= 0.3 is 0 Å². The van der Waals surface area contributed by atoms with E-state index in [2.05, 4.69) is 76.2 Å². The number of thiophene rings is 2. The molecule has 2 aromatic heterocycles. The van der Waals surface area contributed by atoms with Crippen LogP contribution in [0.4, 0.5) is 0 Å². The second-order valence-electron chi connectivity index (χ2n) is 7.94. The number of benzene rings is 3. The number of rotatable bonds is 2. The third kappa shape index (κ3) is 4.22. The number of hydrogen-bond donors (Lipinski definition) is 0. The molecular weight excluding hydrogens is 471 g/mol. The molecule has 0 amide bonds. The quantitative estimate of drug-likeness (QED) is 0.227. The van der Waals surface area contributed by atoms with Crippen LogP contribution in [-0.2, 0) is 0 Å². The van der Waals surface area contributed by atoms with Crippen molar-refractivity contribution in [2.24, 2.45) is 0 Å². The Morgan fingerprint density at radius 3 is 1.25 bits per heavy atom. The van der Waals surface area contributed by atoms with E-state index in [-0.39, 0.29) is 0 Å². The van der Waals surface area contributed by atoms with Gasteiger partial charge in [-0.2, -0.15) is 0 Å². The van der Waals surface area contributed by atoms with E-state index < -0.39 is 0 Å². The molecule has 0 saturated carbocycles. The standard InChI is InChI=1S/C26H20Cl2S2.C2H6/c1-13-5-20(22-12-26-18(10-24(22)28)8-16(4)30-26)14(2)6-19(13)21-11-25-17(9-23(21)27)7-15(3)29-25;1-2/h5-12H,1-4H3;1-2H3. The summed E-state index contributed by atoms with van der Waals surface area (Å²) in [5.74, 6) is 0. The summed E-state index contributed by atoms with van der Waals surface area (Å²) >= 11 is 17.0. The van der Waals surface area contributed by atoms with E-state index in [1.165, 1.54) is 52.2 Å². The maximum Gasteiger partial charge on any atom is 0.0491 e. The molecule has 5 aromatic rings. The molecule has 0 saturated heterocycles. The first-order valence-corrected chi connectivity index (χ1v) is 13.2. The zero-order chi connectivity index (χ0) is 23.2. The summed E-state index contributed by atoms with van der Waals surface area (Å²) < 4.78 is 2.55. The molecule has 0 spiro atoms. The zero-order valence-corrected chi connectivity index (χ0v) is 22.3. The van der Waals surface area contributed by atoms with E-state index in [9.17, 15) is 0 Å². The summed E-state index contributed by atoms with van der Waals surface area (Å²) in [6.07, 6.45) is 0. The Morgan fingerprint density at radius 1 is 0.500 bits per heavy atom. The molecule has 0 fully saturated rings. The lowest BCUT2D eigenvalue weighted by Crippen LogP contribution is -1.91. The average molecular weight is 498 g/mol. The van der Waals surface area contributed by atoms with E-state index in [1.807, 2.05) is 36.5 Å². The van der Waals surface area contributed by atoms with Crippen LogP contribution in [0, 0.1) is 27.7 Å². The van der Waals surface area contributed by atoms with Crippen molar-refractivity contribution in [1.29, 1.82) is 0 Å². The Labute approximate surface area is 208 Å². The third-order valence-electron chi connectivity index (χ3n) is 5.61. The van der Waals surface area contributed by atoms with Crippen LogP contribution in [0.5, 0.6) is 0 Å². The smallest absolute Gasteiger partial charge is 0.0491 e. The maximum atomic E-state index is 6.71. The number of halogens is 2. The molecule has 5 rings (SSSR count). The number of fused-ring (bicyclic) bond motifs is 2. The first-order valence-electron chi connectivity index (χ1n) is 10.8. The fraction of sp³-hybridized carbons (Fsp3) is 0.214. The zero-order valence-electron chi connectivity index (χ0n) is 19.2. The Bertz CT molecular complexity index is 1340. The first-order chi connectivity index (χ1) is 15.3. The van der Waals surface area contributed by atoms with Gasteiger partial charge in [0.1, 0.15) is 0 Å². The van der Waals surface area contributed by atoms with Gasteiger partial charge in [-0.3, -0.25) is 0 Å². The molecule has 0 aliphatic rings. The number of aryl methyl sites for hydroxylation is 4. The summed E-state index contributed by atoms with van der Waals surface area (Å²) in [5, 5.41) is 4.01. The van der Waals surface area contributed by atoms with Gasteiger partial charge < -0.3 is 0 Å². The predicted octanol–water partition coefficient (Wildman–Crippen LogP) is 11.0. The van der Waals surface area contributed by atoms with Crippen molar-refractivity contribution in [3.63, 3.8) is 0 Å². The van der Waals surface area contributed by atoms with Gasteiger partial charge in [0.25, 0.3) is 0 Å². The van der Waals surface area contributed by atoms with Crippen LogP contribution in [-0.4, -0.2) is 0 Å². The van der Waals surface area contributed by atoms with E-state index in [0.717, 1.165) is 21.2 Å². The topological polar surface area (TPSA) is 0 Å². The highest BCUT2D eigenvalue weighted by Crippen LogP contribution is 2.41. The van der Waals surface area contributed by atoms with Gasteiger partial charge in [0, 0.05) is 40.3 Å². The van der Waals surface area contributed by atoms with Gasteiger partial charge in [0.05, 0.1) is 0 Å². The SMILES string of the molecule is CC.Cc1cc2cc(Cl)c(-c3cc(C)c(-c4cc5sc(C)cc5cc4Cl)cc3C)cc2s1. The van der Waals surface area contributed by atoms with Crippen molar-refractivity contribution >= 4 is 66.0 Å².